The molecule has 0 radical (unpaired) electrons. The molecule has 0 saturated heterocycles. The molecule has 0 bridgehead atoms. The molecule has 0 aliphatic heterocycles. The zero-order chi connectivity index (χ0) is 15.1. The van der Waals surface area contributed by atoms with Gasteiger partial charge >= 0.3 is 0 Å². The molecule has 110 valence electrons. The quantitative estimate of drug-likeness (QED) is 0.852. The number of methoxy groups -OCH3 is 1. The summed E-state index contributed by atoms with van der Waals surface area (Å²) in [5, 5.41) is 5.86. The number of anilines is 2. The Hall–Kier alpha value is -2.47. The van der Waals surface area contributed by atoms with E-state index in [2.05, 4.69) is 20.6 Å². The van der Waals surface area contributed by atoms with E-state index >= 15 is 0 Å². The van der Waals surface area contributed by atoms with Crippen LogP contribution in [-0.2, 0) is 11.3 Å². The van der Waals surface area contributed by atoms with Crippen LogP contribution in [0, 0.1) is 0 Å². The lowest BCUT2D eigenvalue weighted by molar-refractivity contribution is 0.102. The number of hydrogen-bond acceptors (Lipinski definition) is 5. The van der Waals surface area contributed by atoms with Crippen LogP contribution in [0.3, 0.4) is 0 Å². The van der Waals surface area contributed by atoms with Gasteiger partial charge in [0.25, 0.3) is 5.91 Å². The summed E-state index contributed by atoms with van der Waals surface area (Å²) in [6, 6.07) is 7.48. The molecule has 1 amide bonds. The van der Waals surface area contributed by atoms with Crippen LogP contribution < -0.4 is 10.6 Å². The van der Waals surface area contributed by atoms with Crippen molar-refractivity contribution in [3.05, 3.63) is 47.9 Å². The fourth-order valence-electron chi connectivity index (χ4n) is 1.85. The van der Waals surface area contributed by atoms with E-state index in [1.54, 1.807) is 13.3 Å². The Balaban J connectivity index is 2.16. The van der Waals surface area contributed by atoms with Crippen LogP contribution in [0.25, 0.3) is 0 Å². The van der Waals surface area contributed by atoms with Gasteiger partial charge in [-0.2, -0.15) is 0 Å². The summed E-state index contributed by atoms with van der Waals surface area (Å²) in [6.45, 7) is 3.10. The highest BCUT2D eigenvalue weighted by atomic mass is 16.5. The summed E-state index contributed by atoms with van der Waals surface area (Å²) in [6.07, 6.45) is 3.02. The first-order chi connectivity index (χ1) is 10.2. The first-order valence-electron chi connectivity index (χ1n) is 6.68. The van der Waals surface area contributed by atoms with Gasteiger partial charge in [0.05, 0.1) is 19.0 Å². The van der Waals surface area contributed by atoms with Gasteiger partial charge in [-0.25, -0.2) is 4.98 Å². The SMILES string of the molecule is CCNc1cncc(C(=O)Nc2ccccc2COC)n1. The van der Waals surface area contributed by atoms with Gasteiger partial charge in [0, 0.05) is 24.9 Å². The van der Waals surface area contributed by atoms with Crippen molar-refractivity contribution in [2.24, 2.45) is 0 Å². The van der Waals surface area contributed by atoms with E-state index in [1.807, 2.05) is 31.2 Å². The van der Waals surface area contributed by atoms with Crippen molar-refractivity contribution in [2.75, 3.05) is 24.3 Å². The number of nitrogens with zero attached hydrogens (tertiary/aromatic N) is 2. The van der Waals surface area contributed by atoms with Crippen LogP contribution in [0.15, 0.2) is 36.7 Å². The number of aromatic nitrogens is 2. The Labute approximate surface area is 123 Å². The van der Waals surface area contributed by atoms with Crippen molar-refractivity contribution in [2.45, 2.75) is 13.5 Å². The minimum absolute atomic E-state index is 0.265. The molecule has 2 aromatic rings. The van der Waals surface area contributed by atoms with Crippen molar-refractivity contribution in [1.29, 1.82) is 0 Å². The number of rotatable bonds is 6. The lowest BCUT2D eigenvalue weighted by Crippen LogP contribution is -2.16. The third kappa shape index (κ3) is 4.00. The molecule has 0 aliphatic carbocycles. The third-order valence-electron chi connectivity index (χ3n) is 2.79. The largest absolute Gasteiger partial charge is 0.380 e. The number of carbonyl (C=O) groups is 1. The predicted molar refractivity (Wildman–Crippen MR) is 81.3 cm³/mol. The second-order valence-electron chi connectivity index (χ2n) is 4.36. The maximum atomic E-state index is 12.2. The van der Waals surface area contributed by atoms with Crippen LogP contribution in [0.5, 0.6) is 0 Å². The lowest BCUT2D eigenvalue weighted by Gasteiger charge is -2.10. The van der Waals surface area contributed by atoms with Crippen LogP contribution >= 0.6 is 0 Å². The van der Waals surface area contributed by atoms with Crippen molar-refractivity contribution in [3.63, 3.8) is 0 Å². The smallest absolute Gasteiger partial charge is 0.275 e. The normalized spacial score (nSPS) is 10.2. The Kier molecular flexibility index (Phi) is 5.22. The summed E-state index contributed by atoms with van der Waals surface area (Å²) in [4.78, 5) is 20.5. The molecule has 6 heteroatoms. The Bertz CT molecular complexity index is 616. The Morgan fingerprint density at radius 1 is 1.29 bits per heavy atom. The summed E-state index contributed by atoms with van der Waals surface area (Å²) in [7, 11) is 1.62. The topological polar surface area (TPSA) is 76.1 Å². The summed E-state index contributed by atoms with van der Waals surface area (Å²) < 4.78 is 5.12. The van der Waals surface area contributed by atoms with E-state index in [4.69, 9.17) is 4.74 Å². The minimum Gasteiger partial charge on any atom is -0.380 e. The molecule has 0 saturated carbocycles. The maximum Gasteiger partial charge on any atom is 0.275 e. The fraction of sp³-hybridized carbons (Fsp3) is 0.267. The highest BCUT2D eigenvalue weighted by Gasteiger charge is 2.11. The third-order valence-corrected chi connectivity index (χ3v) is 2.79. The van der Waals surface area contributed by atoms with Crippen LogP contribution in [0.2, 0.25) is 0 Å². The first kappa shape index (κ1) is 14.9. The molecule has 1 heterocycles. The Morgan fingerprint density at radius 2 is 2.10 bits per heavy atom. The average molecular weight is 286 g/mol. The molecule has 0 unspecified atom stereocenters. The van der Waals surface area contributed by atoms with Crippen molar-refractivity contribution in [1.82, 2.24) is 9.97 Å². The van der Waals surface area contributed by atoms with Crippen LogP contribution in [-0.4, -0.2) is 29.5 Å². The van der Waals surface area contributed by atoms with Crippen molar-refractivity contribution < 1.29 is 9.53 Å². The monoisotopic (exact) mass is 286 g/mol. The molecule has 1 aromatic carbocycles. The molecule has 0 atom stereocenters. The molecule has 0 aliphatic rings. The molecular formula is C15H18N4O2. The standard InChI is InChI=1S/C15H18N4O2/c1-3-17-14-9-16-8-13(18-14)15(20)19-12-7-5-4-6-11(12)10-21-2/h4-9H,3,10H2,1-2H3,(H,17,18)(H,19,20). The second kappa shape index (κ2) is 7.35. The van der Waals surface area contributed by atoms with E-state index < -0.39 is 0 Å². The van der Waals surface area contributed by atoms with Gasteiger partial charge in [0.2, 0.25) is 0 Å². The summed E-state index contributed by atoms with van der Waals surface area (Å²) in [5.41, 5.74) is 1.88. The van der Waals surface area contributed by atoms with Crippen LogP contribution in [0.4, 0.5) is 11.5 Å². The molecule has 21 heavy (non-hydrogen) atoms. The highest BCUT2D eigenvalue weighted by molar-refractivity contribution is 6.03. The zero-order valence-electron chi connectivity index (χ0n) is 12.1. The van der Waals surface area contributed by atoms with E-state index in [9.17, 15) is 4.79 Å². The number of hydrogen-bond donors (Lipinski definition) is 2. The van der Waals surface area contributed by atoms with Crippen LogP contribution in [0.1, 0.15) is 23.0 Å². The Morgan fingerprint density at radius 3 is 2.86 bits per heavy atom. The van der Waals surface area contributed by atoms with Gasteiger partial charge in [-0.1, -0.05) is 18.2 Å². The maximum absolute atomic E-state index is 12.2. The number of nitrogens with one attached hydrogen (secondary N) is 2. The van der Waals surface area contributed by atoms with E-state index in [0.29, 0.717) is 18.1 Å². The molecule has 0 spiro atoms. The van der Waals surface area contributed by atoms with Gasteiger partial charge < -0.3 is 15.4 Å². The van der Waals surface area contributed by atoms with E-state index in [1.165, 1.54) is 6.20 Å². The number of carbonyl (C=O) groups excluding carboxylic acids is 1. The average Bonchev–Trinajstić information content (AvgIpc) is 2.50. The summed E-state index contributed by atoms with van der Waals surface area (Å²) >= 11 is 0. The van der Waals surface area contributed by atoms with Crippen molar-refractivity contribution >= 4 is 17.4 Å². The van der Waals surface area contributed by atoms with Gasteiger partial charge in [-0.05, 0) is 13.0 Å². The fourth-order valence-corrected chi connectivity index (χ4v) is 1.85. The molecule has 1 aromatic heterocycles. The minimum atomic E-state index is -0.300. The lowest BCUT2D eigenvalue weighted by atomic mass is 10.2. The van der Waals surface area contributed by atoms with Crippen molar-refractivity contribution in [3.8, 4) is 0 Å². The highest BCUT2D eigenvalue weighted by Crippen LogP contribution is 2.16. The molecule has 0 fully saturated rings. The first-order valence-corrected chi connectivity index (χ1v) is 6.68. The van der Waals surface area contributed by atoms with E-state index in [0.717, 1.165) is 12.1 Å². The van der Waals surface area contributed by atoms with Gasteiger partial charge in [0.15, 0.2) is 0 Å². The molecule has 2 N–H and O–H groups in total. The zero-order valence-corrected chi connectivity index (χ0v) is 12.1. The number of amides is 1. The van der Waals surface area contributed by atoms with Gasteiger partial charge in [-0.3, -0.25) is 9.78 Å². The number of benzene rings is 1. The molecule has 6 nitrogen and oxygen atoms in total. The number of para-hydroxylation sites is 1. The summed E-state index contributed by atoms with van der Waals surface area (Å²) in [5.74, 6) is 0.279. The van der Waals surface area contributed by atoms with Gasteiger partial charge in [0.1, 0.15) is 11.5 Å². The second-order valence-corrected chi connectivity index (χ2v) is 4.36. The molecular weight excluding hydrogens is 268 g/mol. The van der Waals surface area contributed by atoms with Gasteiger partial charge in [-0.15, -0.1) is 0 Å². The van der Waals surface area contributed by atoms with E-state index in [-0.39, 0.29) is 11.6 Å². The molecule has 2 rings (SSSR count). The number of ether oxygens (including phenoxy) is 1. The predicted octanol–water partition coefficient (Wildman–Crippen LogP) is 2.31.